The SMILES string of the molecule is C#CCOC(=O)C1(C)C=C(C(=O)OC(C)(C)C)C(=O)CC1. The van der Waals surface area contributed by atoms with E-state index in [4.69, 9.17) is 15.9 Å². The molecule has 0 aromatic carbocycles. The first-order valence-electron chi connectivity index (χ1n) is 6.69. The lowest BCUT2D eigenvalue weighted by atomic mass is 9.77. The number of hydrogen-bond acceptors (Lipinski definition) is 5. The zero-order valence-corrected chi connectivity index (χ0v) is 12.8. The summed E-state index contributed by atoms with van der Waals surface area (Å²) in [5.41, 5.74) is -1.86. The van der Waals surface area contributed by atoms with E-state index in [0.29, 0.717) is 0 Å². The van der Waals surface area contributed by atoms with Gasteiger partial charge in [-0.05, 0) is 40.2 Å². The van der Waals surface area contributed by atoms with Crippen molar-refractivity contribution in [1.82, 2.24) is 0 Å². The molecule has 0 saturated heterocycles. The fraction of sp³-hybridized carbons (Fsp3) is 0.562. The smallest absolute Gasteiger partial charge is 0.341 e. The average molecular weight is 292 g/mol. The van der Waals surface area contributed by atoms with Gasteiger partial charge >= 0.3 is 11.9 Å². The molecule has 1 aliphatic carbocycles. The molecule has 5 heteroatoms. The molecule has 0 heterocycles. The molecule has 0 fully saturated rings. The van der Waals surface area contributed by atoms with E-state index in [-0.39, 0.29) is 30.8 Å². The summed E-state index contributed by atoms with van der Waals surface area (Å²) in [5.74, 6) is 0.613. The Morgan fingerprint density at radius 3 is 2.57 bits per heavy atom. The highest BCUT2D eigenvalue weighted by Gasteiger charge is 2.40. The van der Waals surface area contributed by atoms with Crippen LogP contribution in [0.15, 0.2) is 11.6 Å². The zero-order chi connectivity index (χ0) is 16.3. The molecular formula is C16H20O5. The maximum Gasteiger partial charge on any atom is 0.341 e. The molecule has 114 valence electrons. The van der Waals surface area contributed by atoms with Gasteiger partial charge in [-0.3, -0.25) is 9.59 Å². The fourth-order valence-corrected chi connectivity index (χ4v) is 1.92. The molecule has 0 bridgehead atoms. The molecular weight excluding hydrogens is 272 g/mol. The second-order valence-electron chi connectivity index (χ2n) is 6.18. The van der Waals surface area contributed by atoms with E-state index in [9.17, 15) is 14.4 Å². The van der Waals surface area contributed by atoms with Crippen molar-refractivity contribution >= 4 is 17.7 Å². The van der Waals surface area contributed by atoms with Gasteiger partial charge in [0, 0.05) is 6.42 Å². The lowest BCUT2D eigenvalue weighted by molar-refractivity contribution is -0.152. The van der Waals surface area contributed by atoms with Gasteiger partial charge in [0.2, 0.25) is 0 Å². The highest BCUT2D eigenvalue weighted by Crippen LogP contribution is 2.34. The van der Waals surface area contributed by atoms with Crippen molar-refractivity contribution in [3.8, 4) is 12.3 Å². The van der Waals surface area contributed by atoms with Crippen LogP contribution < -0.4 is 0 Å². The molecule has 0 aromatic rings. The summed E-state index contributed by atoms with van der Waals surface area (Å²) < 4.78 is 10.1. The number of ether oxygens (including phenoxy) is 2. The molecule has 0 saturated carbocycles. The molecule has 0 N–H and O–H groups in total. The number of carbonyl (C=O) groups is 3. The zero-order valence-electron chi connectivity index (χ0n) is 12.8. The number of ketones is 1. The van der Waals surface area contributed by atoms with Crippen molar-refractivity contribution in [3.05, 3.63) is 11.6 Å². The highest BCUT2D eigenvalue weighted by atomic mass is 16.6. The second-order valence-corrected chi connectivity index (χ2v) is 6.18. The average Bonchev–Trinajstić information content (AvgIpc) is 2.36. The molecule has 0 aromatic heterocycles. The maximum atomic E-state index is 12.1. The Labute approximate surface area is 124 Å². The molecule has 21 heavy (non-hydrogen) atoms. The lowest BCUT2D eigenvalue weighted by Gasteiger charge is -2.29. The molecule has 0 radical (unpaired) electrons. The number of Topliss-reactive ketones (excluding diaryl/α,β-unsaturated/α-hetero) is 1. The Balaban J connectivity index is 3.01. The highest BCUT2D eigenvalue weighted by molar-refractivity contribution is 6.18. The van der Waals surface area contributed by atoms with E-state index in [1.165, 1.54) is 6.08 Å². The lowest BCUT2D eigenvalue weighted by Crippen LogP contribution is -2.36. The predicted octanol–water partition coefficient (Wildman–Crippen LogP) is 1.80. The van der Waals surface area contributed by atoms with Crippen LogP contribution in [-0.4, -0.2) is 29.9 Å². The molecule has 5 nitrogen and oxygen atoms in total. The summed E-state index contributed by atoms with van der Waals surface area (Å²) in [6.45, 7) is 6.60. The van der Waals surface area contributed by atoms with Gasteiger partial charge in [0.1, 0.15) is 5.60 Å². The summed E-state index contributed by atoms with van der Waals surface area (Å²) in [7, 11) is 0. The standard InChI is InChI=1S/C16H20O5/c1-6-9-20-14(19)16(5)8-7-12(17)11(10-16)13(18)21-15(2,3)4/h1,10H,7-9H2,2-5H3. The number of terminal acetylenes is 1. The van der Waals surface area contributed by atoms with Crippen LogP contribution in [0.5, 0.6) is 0 Å². The first-order valence-corrected chi connectivity index (χ1v) is 6.69. The third-order valence-electron chi connectivity index (χ3n) is 3.01. The van der Waals surface area contributed by atoms with E-state index >= 15 is 0 Å². The van der Waals surface area contributed by atoms with Crippen LogP contribution in [-0.2, 0) is 23.9 Å². The van der Waals surface area contributed by atoms with Gasteiger partial charge in [-0.1, -0.05) is 5.92 Å². The molecule has 0 aliphatic heterocycles. The van der Waals surface area contributed by atoms with Crippen LogP contribution in [0.3, 0.4) is 0 Å². The van der Waals surface area contributed by atoms with Crippen LogP contribution >= 0.6 is 0 Å². The Bertz CT molecular complexity index is 530. The van der Waals surface area contributed by atoms with Crippen LogP contribution in [0, 0.1) is 17.8 Å². The molecule has 1 rings (SSSR count). The summed E-state index contributed by atoms with van der Waals surface area (Å²) >= 11 is 0. The van der Waals surface area contributed by atoms with Gasteiger partial charge in [0.05, 0.1) is 11.0 Å². The quantitative estimate of drug-likeness (QED) is 0.451. The molecule has 1 aliphatic rings. The summed E-state index contributed by atoms with van der Waals surface area (Å²) in [5, 5.41) is 0. The number of esters is 2. The Hall–Kier alpha value is -2.09. The van der Waals surface area contributed by atoms with Crippen molar-refractivity contribution in [2.24, 2.45) is 5.41 Å². The van der Waals surface area contributed by atoms with Crippen molar-refractivity contribution in [2.45, 2.75) is 46.1 Å². The van der Waals surface area contributed by atoms with E-state index in [0.717, 1.165) is 0 Å². The van der Waals surface area contributed by atoms with Crippen LogP contribution in [0.1, 0.15) is 40.5 Å². The van der Waals surface area contributed by atoms with Crippen LogP contribution in [0.2, 0.25) is 0 Å². The summed E-state index contributed by atoms with van der Waals surface area (Å²) in [6.07, 6.45) is 6.75. The summed E-state index contributed by atoms with van der Waals surface area (Å²) in [6, 6.07) is 0. The number of rotatable bonds is 3. The van der Waals surface area contributed by atoms with E-state index in [1.807, 2.05) is 0 Å². The topological polar surface area (TPSA) is 69.7 Å². The molecule has 0 amide bonds. The van der Waals surface area contributed by atoms with Gasteiger partial charge in [0.15, 0.2) is 12.4 Å². The van der Waals surface area contributed by atoms with E-state index in [2.05, 4.69) is 5.92 Å². The van der Waals surface area contributed by atoms with Gasteiger partial charge in [-0.25, -0.2) is 4.79 Å². The minimum Gasteiger partial charge on any atom is -0.456 e. The second kappa shape index (κ2) is 6.13. The Morgan fingerprint density at radius 1 is 1.43 bits per heavy atom. The first kappa shape index (κ1) is 17.0. The number of hydrogen-bond donors (Lipinski definition) is 0. The normalized spacial score (nSPS) is 22.0. The minimum absolute atomic E-state index is 0.0900. The summed E-state index contributed by atoms with van der Waals surface area (Å²) in [4.78, 5) is 36.0. The Kier molecular flexibility index (Phi) is 4.95. The van der Waals surface area contributed by atoms with Crippen molar-refractivity contribution in [1.29, 1.82) is 0 Å². The monoisotopic (exact) mass is 292 g/mol. The molecule has 0 spiro atoms. The molecule has 1 atom stereocenters. The van der Waals surface area contributed by atoms with Crippen LogP contribution in [0.25, 0.3) is 0 Å². The van der Waals surface area contributed by atoms with E-state index < -0.39 is 23.0 Å². The predicted molar refractivity (Wildman–Crippen MR) is 76.1 cm³/mol. The fourth-order valence-electron chi connectivity index (χ4n) is 1.92. The maximum absolute atomic E-state index is 12.1. The Morgan fingerprint density at radius 2 is 2.05 bits per heavy atom. The van der Waals surface area contributed by atoms with Gasteiger partial charge in [-0.15, -0.1) is 6.42 Å². The van der Waals surface area contributed by atoms with Gasteiger partial charge < -0.3 is 9.47 Å². The minimum atomic E-state index is -1.04. The largest absolute Gasteiger partial charge is 0.456 e. The first-order chi connectivity index (χ1) is 9.59. The van der Waals surface area contributed by atoms with Crippen molar-refractivity contribution < 1.29 is 23.9 Å². The van der Waals surface area contributed by atoms with Crippen LogP contribution in [0.4, 0.5) is 0 Å². The third kappa shape index (κ3) is 4.45. The van der Waals surface area contributed by atoms with Crippen molar-refractivity contribution in [3.63, 3.8) is 0 Å². The van der Waals surface area contributed by atoms with E-state index in [1.54, 1.807) is 27.7 Å². The van der Waals surface area contributed by atoms with Gasteiger partial charge in [0.25, 0.3) is 0 Å². The van der Waals surface area contributed by atoms with Crippen molar-refractivity contribution in [2.75, 3.05) is 6.61 Å². The molecule has 1 unspecified atom stereocenters. The van der Waals surface area contributed by atoms with Gasteiger partial charge in [-0.2, -0.15) is 0 Å². The number of carbonyl (C=O) groups excluding carboxylic acids is 3. The third-order valence-corrected chi connectivity index (χ3v) is 3.01.